The first-order valence-electron chi connectivity index (χ1n) is 10.8. The van der Waals surface area contributed by atoms with E-state index in [1.807, 2.05) is 6.08 Å². The van der Waals surface area contributed by atoms with Gasteiger partial charge >= 0.3 is 5.97 Å². The molecular formula is C23H33NO5. The number of hydrogen-bond acceptors (Lipinski definition) is 5. The second kappa shape index (κ2) is 7.55. The van der Waals surface area contributed by atoms with Crippen LogP contribution in [0.15, 0.2) is 23.8 Å². The predicted octanol–water partition coefficient (Wildman–Crippen LogP) is 3.13. The minimum absolute atomic E-state index is 0.0162. The maximum absolute atomic E-state index is 12.2. The summed E-state index contributed by atoms with van der Waals surface area (Å²) < 4.78 is 16.9. The molecule has 4 aliphatic rings. The van der Waals surface area contributed by atoms with Gasteiger partial charge in [0.15, 0.2) is 0 Å². The second-order valence-corrected chi connectivity index (χ2v) is 9.72. The Balaban J connectivity index is 1.59. The Labute approximate surface area is 173 Å². The number of fused-ring (bicyclic) bond motifs is 3. The monoisotopic (exact) mass is 403 g/mol. The maximum atomic E-state index is 12.2. The number of amides is 1. The number of ether oxygens (including phenoxy) is 3. The van der Waals surface area contributed by atoms with Crippen molar-refractivity contribution in [2.24, 2.45) is 22.7 Å². The van der Waals surface area contributed by atoms with Crippen molar-refractivity contribution in [3.8, 4) is 0 Å². The molecular weight excluding hydrogens is 370 g/mol. The fourth-order valence-electron chi connectivity index (χ4n) is 6.58. The summed E-state index contributed by atoms with van der Waals surface area (Å²) in [5.41, 5.74) is 1.95. The van der Waals surface area contributed by atoms with Crippen LogP contribution < -0.4 is 5.32 Å². The van der Waals surface area contributed by atoms with E-state index in [2.05, 4.69) is 25.7 Å². The van der Waals surface area contributed by atoms with Crippen LogP contribution in [0.2, 0.25) is 0 Å². The molecule has 1 N–H and O–H groups in total. The molecule has 1 amide bonds. The Morgan fingerprint density at radius 1 is 1.31 bits per heavy atom. The number of rotatable bonds is 3. The third kappa shape index (κ3) is 3.44. The van der Waals surface area contributed by atoms with Crippen molar-refractivity contribution in [2.75, 3.05) is 20.0 Å². The number of cyclic esters (lactones) is 1. The number of esters is 1. The van der Waals surface area contributed by atoms with Crippen LogP contribution in [0.4, 0.5) is 0 Å². The van der Waals surface area contributed by atoms with E-state index in [9.17, 15) is 9.59 Å². The van der Waals surface area contributed by atoms with Crippen LogP contribution in [0.1, 0.15) is 52.9 Å². The van der Waals surface area contributed by atoms with Crippen LogP contribution in [0.25, 0.3) is 0 Å². The summed E-state index contributed by atoms with van der Waals surface area (Å²) in [6.45, 7) is 11.9. The molecule has 0 spiro atoms. The number of allylic oxidation sites excluding steroid dienone is 2. The molecule has 4 fully saturated rings. The Morgan fingerprint density at radius 2 is 2.10 bits per heavy atom. The van der Waals surface area contributed by atoms with Crippen molar-refractivity contribution in [3.05, 3.63) is 23.8 Å². The smallest absolute Gasteiger partial charge is 0.336 e. The second-order valence-electron chi connectivity index (χ2n) is 9.72. The number of carbonyl (C=O) groups excluding carboxylic acids is 2. The SMILES string of the molecule is C=C1CC[C@@H]2[C@]3(C)COCO[C@@H]3CC[C@@]2(C)[C@@H]1C/C=C1/C(=O)OC[C@H]1NC(C)=O. The van der Waals surface area contributed by atoms with Crippen LogP contribution in [-0.2, 0) is 23.8 Å². The summed E-state index contributed by atoms with van der Waals surface area (Å²) >= 11 is 0. The third-order valence-electron chi connectivity index (χ3n) is 8.02. The molecule has 2 saturated carbocycles. The highest BCUT2D eigenvalue weighted by Gasteiger charge is 2.59. The lowest BCUT2D eigenvalue weighted by atomic mass is 9.46. The first-order valence-corrected chi connectivity index (χ1v) is 10.8. The van der Waals surface area contributed by atoms with Crippen molar-refractivity contribution < 1.29 is 23.8 Å². The highest BCUT2D eigenvalue weighted by Crippen LogP contribution is 2.62. The van der Waals surface area contributed by atoms with Gasteiger partial charge in [0.1, 0.15) is 13.4 Å². The Kier molecular flexibility index (Phi) is 5.36. The van der Waals surface area contributed by atoms with Gasteiger partial charge in [-0.3, -0.25) is 4.79 Å². The predicted molar refractivity (Wildman–Crippen MR) is 108 cm³/mol. The number of carbonyl (C=O) groups is 2. The van der Waals surface area contributed by atoms with E-state index < -0.39 is 0 Å². The summed E-state index contributed by atoms with van der Waals surface area (Å²) in [6, 6.07) is -0.353. The zero-order valence-electron chi connectivity index (χ0n) is 17.8. The van der Waals surface area contributed by atoms with Gasteiger partial charge in [-0.05, 0) is 49.4 Å². The number of nitrogens with one attached hydrogen (secondary N) is 1. The number of hydrogen-bond donors (Lipinski definition) is 1. The van der Waals surface area contributed by atoms with E-state index in [-0.39, 0.29) is 41.5 Å². The van der Waals surface area contributed by atoms with E-state index >= 15 is 0 Å². The molecule has 0 aromatic carbocycles. The summed E-state index contributed by atoms with van der Waals surface area (Å²) in [6.07, 6.45) is 7.22. The highest BCUT2D eigenvalue weighted by atomic mass is 16.7. The van der Waals surface area contributed by atoms with Crippen molar-refractivity contribution in [1.82, 2.24) is 5.32 Å². The molecule has 0 bridgehead atoms. The summed E-state index contributed by atoms with van der Waals surface area (Å²) in [5.74, 6) is 0.304. The van der Waals surface area contributed by atoms with Crippen LogP contribution in [0.3, 0.4) is 0 Å². The van der Waals surface area contributed by atoms with Gasteiger partial charge in [0, 0.05) is 12.3 Å². The van der Waals surface area contributed by atoms with Gasteiger partial charge in [-0.2, -0.15) is 0 Å². The molecule has 0 unspecified atom stereocenters. The van der Waals surface area contributed by atoms with Gasteiger partial charge in [-0.25, -0.2) is 4.79 Å². The van der Waals surface area contributed by atoms with Crippen molar-refractivity contribution in [1.29, 1.82) is 0 Å². The van der Waals surface area contributed by atoms with Crippen LogP contribution in [0.5, 0.6) is 0 Å². The van der Waals surface area contributed by atoms with Gasteiger partial charge in [0.25, 0.3) is 0 Å². The molecule has 6 atom stereocenters. The van der Waals surface area contributed by atoms with E-state index in [1.54, 1.807) is 0 Å². The molecule has 29 heavy (non-hydrogen) atoms. The largest absolute Gasteiger partial charge is 0.460 e. The van der Waals surface area contributed by atoms with Crippen molar-refractivity contribution in [2.45, 2.75) is 65.0 Å². The average Bonchev–Trinajstić information content (AvgIpc) is 2.99. The minimum Gasteiger partial charge on any atom is -0.460 e. The molecule has 0 aromatic heterocycles. The van der Waals surface area contributed by atoms with E-state index in [0.717, 1.165) is 38.7 Å². The van der Waals surface area contributed by atoms with Crippen molar-refractivity contribution in [3.63, 3.8) is 0 Å². The van der Waals surface area contributed by atoms with Crippen LogP contribution in [-0.4, -0.2) is 44.0 Å². The Bertz CT molecular complexity index is 746. The summed E-state index contributed by atoms with van der Waals surface area (Å²) in [5, 5.41) is 2.82. The molecule has 6 heteroatoms. The minimum atomic E-state index is -0.353. The van der Waals surface area contributed by atoms with Gasteiger partial charge in [-0.15, -0.1) is 0 Å². The molecule has 2 aliphatic heterocycles. The molecule has 4 rings (SSSR count). The Hall–Kier alpha value is -1.66. The van der Waals surface area contributed by atoms with Crippen LogP contribution >= 0.6 is 0 Å². The fourth-order valence-corrected chi connectivity index (χ4v) is 6.58. The zero-order chi connectivity index (χ0) is 20.8. The summed E-state index contributed by atoms with van der Waals surface area (Å²) in [7, 11) is 0. The van der Waals surface area contributed by atoms with Gasteiger partial charge in [0.05, 0.1) is 24.3 Å². The third-order valence-corrected chi connectivity index (χ3v) is 8.02. The fraction of sp³-hybridized carbons (Fsp3) is 0.739. The molecule has 2 saturated heterocycles. The zero-order valence-corrected chi connectivity index (χ0v) is 17.8. The van der Waals surface area contributed by atoms with E-state index in [1.165, 1.54) is 12.5 Å². The topological polar surface area (TPSA) is 73.9 Å². The van der Waals surface area contributed by atoms with E-state index in [0.29, 0.717) is 24.2 Å². The van der Waals surface area contributed by atoms with E-state index in [4.69, 9.17) is 14.2 Å². The lowest BCUT2D eigenvalue weighted by molar-refractivity contribution is -0.259. The van der Waals surface area contributed by atoms with Crippen molar-refractivity contribution >= 4 is 11.9 Å². The lowest BCUT2D eigenvalue weighted by Crippen LogP contribution is -2.60. The first kappa shape index (κ1) is 20.6. The molecule has 160 valence electrons. The van der Waals surface area contributed by atoms with Crippen LogP contribution in [0, 0.1) is 22.7 Å². The average molecular weight is 404 g/mol. The standard InChI is InChI=1S/C23H33NO5/c1-14-5-8-19-22(3,10-9-20-23(19,4)12-27-13-29-20)17(14)7-6-16-18(24-15(2)25)11-28-21(16)26/h6,17-20H,1,5,7-13H2,2-4H3,(H,24,25)/b16-6+/t17-,18-,19+,20-,22+,23+/m1/s1. The Morgan fingerprint density at radius 3 is 2.86 bits per heavy atom. The molecule has 2 heterocycles. The van der Waals surface area contributed by atoms with Gasteiger partial charge in [0.2, 0.25) is 5.91 Å². The summed E-state index contributed by atoms with van der Waals surface area (Å²) in [4.78, 5) is 23.7. The first-order chi connectivity index (χ1) is 13.8. The van der Waals surface area contributed by atoms with Gasteiger partial charge in [-0.1, -0.05) is 32.1 Å². The quantitative estimate of drug-likeness (QED) is 0.445. The highest BCUT2D eigenvalue weighted by molar-refractivity contribution is 5.93. The normalized spacial score (nSPS) is 43.5. The molecule has 0 aromatic rings. The molecule has 6 nitrogen and oxygen atoms in total. The van der Waals surface area contributed by atoms with Gasteiger partial charge < -0.3 is 19.5 Å². The molecule has 0 radical (unpaired) electrons. The maximum Gasteiger partial charge on any atom is 0.336 e. The molecule has 2 aliphatic carbocycles. The lowest BCUT2D eigenvalue weighted by Gasteiger charge is -2.61.